The topological polar surface area (TPSA) is 52.9 Å². The lowest BCUT2D eigenvalue weighted by atomic mass is 9.74. The second-order valence-electron chi connectivity index (χ2n) is 4.83. The first-order valence-corrected chi connectivity index (χ1v) is 7.01. The van der Waals surface area contributed by atoms with E-state index in [4.69, 9.17) is 23.2 Å². The number of carbonyl (C=O) groups is 1. The van der Waals surface area contributed by atoms with Crippen molar-refractivity contribution in [1.82, 2.24) is 0 Å². The molecule has 1 amide bonds. The average Bonchev–Trinajstić information content (AvgIpc) is 2.43. The monoisotopic (exact) mass is 296 g/mol. The minimum Gasteiger partial charge on any atom is -0.323 e. The molecule has 1 aromatic rings. The summed E-state index contributed by atoms with van der Waals surface area (Å²) in [6, 6.07) is 7.05. The van der Waals surface area contributed by atoms with Crippen LogP contribution in [-0.2, 0) is 4.79 Å². The van der Waals surface area contributed by atoms with Crippen molar-refractivity contribution in [3.8, 4) is 6.07 Å². The Bertz CT molecular complexity index is 531. The number of nitrogens with one attached hydrogen (secondary N) is 1. The zero-order chi connectivity index (χ0) is 13.9. The van der Waals surface area contributed by atoms with Gasteiger partial charge in [0.05, 0.1) is 16.8 Å². The standard InChI is InChI=1S/C14H14Cl2N2O/c15-10-4-5-11(16)12(8-10)18-13(19)14(9-17)6-2-1-3-7-14/h4-5,8H,1-3,6-7H2,(H,18,19). The molecule has 1 aliphatic carbocycles. The van der Waals surface area contributed by atoms with Gasteiger partial charge in [-0.25, -0.2) is 0 Å². The number of hydrogen-bond acceptors (Lipinski definition) is 2. The van der Waals surface area contributed by atoms with E-state index in [1.165, 1.54) is 0 Å². The smallest absolute Gasteiger partial charge is 0.244 e. The number of nitriles is 1. The molecule has 0 aromatic heterocycles. The number of carbonyl (C=O) groups excluding carboxylic acids is 1. The molecule has 0 heterocycles. The van der Waals surface area contributed by atoms with E-state index in [9.17, 15) is 10.1 Å². The maximum atomic E-state index is 12.3. The van der Waals surface area contributed by atoms with Gasteiger partial charge in [0, 0.05) is 5.02 Å². The molecule has 0 unspecified atom stereocenters. The molecule has 0 bridgehead atoms. The predicted octanol–water partition coefficient (Wildman–Crippen LogP) is 4.41. The van der Waals surface area contributed by atoms with Gasteiger partial charge in [0.25, 0.3) is 0 Å². The lowest BCUT2D eigenvalue weighted by molar-refractivity contribution is -0.124. The van der Waals surface area contributed by atoms with Crippen molar-refractivity contribution >= 4 is 34.8 Å². The largest absolute Gasteiger partial charge is 0.323 e. The minimum atomic E-state index is -0.927. The van der Waals surface area contributed by atoms with Crippen LogP contribution in [0.2, 0.25) is 10.0 Å². The van der Waals surface area contributed by atoms with E-state index >= 15 is 0 Å². The fourth-order valence-electron chi connectivity index (χ4n) is 2.38. The van der Waals surface area contributed by atoms with Gasteiger partial charge in [0.1, 0.15) is 5.41 Å². The number of amides is 1. The quantitative estimate of drug-likeness (QED) is 0.879. The highest BCUT2D eigenvalue weighted by atomic mass is 35.5. The normalized spacial score (nSPS) is 17.5. The summed E-state index contributed by atoms with van der Waals surface area (Å²) in [5.41, 5.74) is -0.469. The van der Waals surface area contributed by atoms with Crippen molar-refractivity contribution in [2.75, 3.05) is 5.32 Å². The number of benzene rings is 1. The maximum absolute atomic E-state index is 12.3. The summed E-state index contributed by atoms with van der Waals surface area (Å²) >= 11 is 11.9. The number of nitrogens with zero attached hydrogens (tertiary/aromatic N) is 1. The Hall–Kier alpha value is -1.24. The van der Waals surface area contributed by atoms with Gasteiger partial charge in [0.2, 0.25) is 5.91 Å². The fourth-order valence-corrected chi connectivity index (χ4v) is 2.72. The molecule has 0 spiro atoms. The molecule has 1 aliphatic rings. The first-order chi connectivity index (χ1) is 9.07. The van der Waals surface area contributed by atoms with Gasteiger partial charge in [-0.2, -0.15) is 5.26 Å². The number of anilines is 1. The van der Waals surface area contributed by atoms with Gasteiger partial charge < -0.3 is 5.32 Å². The van der Waals surface area contributed by atoms with Crippen LogP contribution in [0.15, 0.2) is 18.2 Å². The number of halogens is 2. The first-order valence-electron chi connectivity index (χ1n) is 6.25. The summed E-state index contributed by atoms with van der Waals surface area (Å²) in [5, 5.41) is 13.0. The van der Waals surface area contributed by atoms with Gasteiger partial charge in [-0.05, 0) is 31.0 Å². The molecule has 5 heteroatoms. The molecule has 100 valence electrons. The van der Waals surface area contributed by atoms with Crippen molar-refractivity contribution in [2.24, 2.45) is 5.41 Å². The molecule has 0 radical (unpaired) electrons. The zero-order valence-electron chi connectivity index (χ0n) is 10.4. The van der Waals surface area contributed by atoms with Crippen molar-refractivity contribution < 1.29 is 4.79 Å². The van der Waals surface area contributed by atoms with Gasteiger partial charge in [-0.1, -0.05) is 42.5 Å². The van der Waals surface area contributed by atoms with E-state index in [0.717, 1.165) is 19.3 Å². The van der Waals surface area contributed by atoms with E-state index < -0.39 is 5.41 Å². The Morgan fingerprint density at radius 1 is 1.26 bits per heavy atom. The Morgan fingerprint density at radius 2 is 1.95 bits per heavy atom. The van der Waals surface area contributed by atoms with Gasteiger partial charge in [-0.15, -0.1) is 0 Å². The molecule has 0 aliphatic heterocycles. The molecule has 0 atom stereocenters. The Labute approximate surface area is 122 Å². The fraction of sp³-hybridized carbons (Fsp3) is 0.429. The second kappa shape index (κ2) is 5.81. The summed E-state index contributed by atoms with van der Waals surface area (Å²) in [4.78, 5) is 12.3. The molecular weight excluding hydrogens is 283 g/mol. The van der Waals surface area contributed by atoms with Crippen molar-refractivity contribution in [1.29, 1.82) is 5.26 Å². The van der Waals surface area contributed by atoms with Crippen molar-refractivity contribution in [3.63, 3.8) is 0 Å². The summed E-state index contributed by atoms with van der Waals surface area (Å²) in [7, 11) is 0. The summed E-state index contributed by atoms with van der Waals surface area (Å²) in [6.07, 6.45) is 4.10. The van der Waals surface area contributed by atoms with Crippen LogP contribution in [0.5, 0.6) is 0 Å². The Kier molecular flexibility index (Phi) is 4.34. The lowest BCUT2D eigenvalue weighted by Gasteiger charge is -2.29. The molecule has 1 aromatic carbocycles. The SMILES string of the molecule is N#CC1(C(=O)Nc2cc(Cl)ccc2Cl)CCCCC1. The lowest BCUT2D eigenvalue weighted by Crippen LogP contribution is -2.36. The molecule has 1 N–H and O–H groups in total. The van der Waals surface area contributed by atoms with Crippen molar-refractivity contribution in [2.45, 2.75) is 32.1 Å². The second-order valence-corrected chi connectivity index (χ2v) is 5.68. The van der Waals surface area contributed by atoms with Crippen LogP contribution in [0.25, 0.3) is 0 Å². The van der Waals surface area contributed by atoms with Crippen LogP contribution in [0, 0.1) is 16.7 Å². The Morgan fingerprint density at radius 3 is 2.58 bits per heavy atom. The Balaban J connectivity index is 2.20. The summed E-state index contributed by atoms with van der Waals surface area (Å²) in [5.74, 6) is -0.279. The third-order valence-corrected chi connectivity index (χ3v) is 4.10. The summed E-state index contributed by atoms with van der Waals surface area (Å²) < 4.78 is 0. The molecule has 1 saturated carbocycles. The highest BCUT2D eigenvalue weighted by molar-refractivity contribution is 6.35. The van der Waals surface area contributed by atoms with Gasteiger partial charge >= 0.3 is 0 Å². The highest BCUT2D eigenvalue weighted by Crippen LogP contribution is 2.37. The molecule has 3 nitrogen and oxygen atoms in total. The van der Waals surface area contributed by atoms with Gasteiger partial charge in [-0.3, -0.25) is 4.79 Å². The van der Waals surface area contributed by atoms with Crippen LogP contribution in [0.1, 0.15) is 32.1 Å². The van der Waals surface area contributed by atoms with E-state index in [-0.39, 0.29) is 5.91 Å². The molecule has 19 heavy (non-hydrogen) atoms. The van der Waals surface area contributed by atoms with Crippen LogP contribution >= 0.6 is 23.2 Å². The maximum Gasteiger partial charge on any atom is 0.244 e. The molecule has 1 fully saturated rings. The van der Waals surface area contributed by atoms with E-state index in [0.29, 0.717) is 28.6 Å². The van der Waals surface area contributed by atoms with E-state index in [2.05, 4.69) is 11.4 Å². The van der Waals surface area contributed by atoms with E-state index in [1.807, 2.05) is 0 Å². The molecular formula is C14H14Cl2N2O. The third-order valence-electron chi connectivity index (χ3n) is 3.53. The molecule has 2 rings (SSSR count). The van der Waals surface area contributed by atoms with Gasteiger partial charge in [0.15, 0.2) is 0 Å². The average molecular weight is 297 g/mol. The number of hydrogen-bond donors (Lipinski definition) is 1. The van der Waals surface area contributed by atoms with Crippen LogP contribution in [0.4, 0.5) is 5.69 Å². The van der Waals surface area contributed by atoms with Crippen LogP contribution in [-0.4, -0.2) is 5.91 Å². The van der Waals surface area contributed by atoms with Crippen LogP contribution in [0.3, 0.4) is 0 Å². The van der Waals surface area contributed by atoms with E-state index in [1.54, 1.807) is 18.2 Å². The van der Waals surface area contributed by atoms with Crippen LogP contribution < -0.4 is 5.32 Å². The highest BCUT2D eigenvalue weighted by Gasteiger charge is 2.39. The minimum absolute atomic E-state index is 0.279. The predicted molar refractivity (Wildman–Crippen MR) is 76.2 cm³/mol. The first kappa shape index (κ1) is 14.2. The zero-order valence-corrected chi connectivity index (χ0v) is 11.9. The van der Waals surface area contributed by atoms with Crippen molar-refractivity contribution in [3.05, 3.63) is 28.2 Å². The third kappa shape index (κ3) is 3.02. The number of rotatable bonds is 2. The summed E-state index contributed by atoms with van der Waals surface area (Å²) in [6.45, 7) is 0. The molecule has 0 saturated heterocycles.